The zero-order chi connectivity index (χ0) is 14.6. The topological polar surface area (TPSA) is 69.7 Å². The average Bonchev–Trinajstić information content (AvgIpc) is 2.49. The van der Waals surface area contributed by atoms with Crippen molar-refractivity contribution in [3.8, 4) is 0 Å². The van der Waals surface area contributed by atoms with Crippen molar-refractivity contribution < 1.29 is 23.9 Å². The third-order valence-electron chi connectivity index (χ3n) is 3.42. The van der Waals surface area contributed by atoms with Crippen molar-refractivity contribution in [3.05, 3.63) is 35.9 Å². The van der Waals surface area contributed by atoms with Crippen molar-refractivity contribution >= 4 is 17.7 Å². The lowest BCUT2D eigenvalue weighted by molar-refractivity contribution is -0.171. The zero-order valence-electron chi connectivity index (χ0n) is 11.3. The van der Waals surface area contributed by atoms with Crippen LogP contribution in [0.4, 0.5) is 0 Å². The van der Waals surface area contributed by atoms with Gasteiger partial charge in [-0.1, -0.05) is 18.2 Å². The fraction of sp³-hybridized carbons (Fsp3) is 0.400. The number of carbonyl (C=O) groups excluding carboxylic acids is 3. The molecule has 0 aliphatic heterocycles. The molecule has 0 heterocycles. The van der Waals surface area contributed by atoms with E-state index in [1.165, 1.54) is 7.11 Å². The van der Waals surface area contributed by atoms with Gasteiger partial charge in [0.15, 0.2) is 5.78 Å². The van der Waals surface area contributed by atoms with Crippen LogP contribution in [0.3, 0.4) is 0 Å². The molecular formula is C15H16O5. The van der Waals surface area contributed by atoms with Crippen molar-refractivity contribution in [2.75, 3.05) is 7.11 Å². The van der Waals surface area contributed by atoms with Gasteiger partial charge in [0, 0.05) is 12.8 Å². The maximum atomic E-state index is 12.1. The Balaban J connectivity index is 2.27. The van der Waals surface area contributed by atoms with Gasteiger partial charge < -0.3 is 9.47 Å². The van der Waals surface area contributed by atoms with E-state index in [9.17, 15) is 14.4 Å². The minimum Gasteiger partial charge on any atom is -0.466 e. The van der Waals surface area contributed by atoms with Gasteiger partial charge in [0.05, 0.1) is 12.7 Å². The fourth-order valence-electron chi connectivity index (χ4n) is 2.32. The Morgan fingerprint density at radius 3 is 2.45 bits per heavy atom. The lowest BCUT2D eigenvalue weighted by Crippen LogP contribution is -2.52. The molecule has 0 N–H and O–H groups in total. The molecular weight excluding hydrogens is 260 g/mol. The van der Waals surface area contributed by atoms with Crippen molar-refractivity contribution in [1.82, 2.24) is 0 Å². The first-order valence-electron chi connectivity index (χ1n) is 6.50. The van der Waals surface area contributed by atoms with Crippen molar-refractivity contribution in [2.45, 2.75) is 31.3 Å². The molecule has 1 saturated carbocycles. The summed E-state index contributed by atoms with van der Waals surface area (Å²) in [7, 11) is 1.18. The van der Waals surface area contributed by atoms with Crippen LogP contribution in [0.25, 0.3) is 0 Å². The molecule has 1 aromatic carbocycles. The number of rotatable bonds is 3. The number of esters is 2. The molecule has 1 aliphatic rings. The minimum absolute atomic E-state index is 0.178. The largest absolute Gasteiger partial charge is 0.466 e. The first kappa shape index (κ1) is 14.2. The van der Waals surface area contributed by atoms with Gasteiger partial charge in [-0.15, -0.1) is 0 Å². The molecule has 1 unspecified atom stereocenters. The molecule has 5 nitrogen and oxygen atoms in total. The molecule has 1 fully saturated rings. The summed E-state index contributed by atoms with van der Waals surface area (Å²) < 4.78 is 9.93. The number of ether oxygens (including phenoxy) is 2. The predicted octanol–water partition coefficient (Wildman–Crippen LogP) is 1.90. The van der Waals surface area contributed by atoms with Crippen LogP contribution in [0, 0.1) is 0 Å². The van der Waals surface area contributed by atoms with E-state index in [0.29, 0.717) is 18.4 Å². The third kappa shape index (κ3) is 2.57. The molecule has 106 valence electrons. The number of hydrogen-bond donors (Lipinski definition) is 0. The van der Waals surface area contributed by atoms with Crippen LogP contribution >= 0.6 is 0 Å². The molecule has 20 heavy (non-hydrogen) atoms. The van der Waals surface area contributed by atoms with Gasteiger partial charge in [-0.2, -0.15) is 0 Å². The van der Waals surface area contributed by atoms with Crippen molar-refractivity contribution in [3.63, 3.8) is 0 Å². The van der Waals surface area contributed by atoms with Gasteiger partial charge in [0.25, 0.3) is 5.60 Å². The van der Waals surface area contributed by atoms with Gasteiger partial charge in [0.2, 0.25) is 0 Å². The number of Topliss-reactive ketones (excluding diaryl/α,β-unsaturated/α-hetero) is 1. The van der Waals surface area contributed by atoms with Gasteiger partial charge in [-0.3, -0.25) is 4.79 Å². The van der Waals surface area contributed by atoms with Crippen molar-refractivity contribution in [2.24, 2.45) is 0 Å². The lowest BCUT2D eigenvalue weighted by atomic mass is 9.83. The first-order valence-corrected chi connectivity index (χ1v) is 6.50. The minimum atomic E-state index is -1.78. The summed E-state index contributed by atoms with van der Waals surface area (Å²) in [6.45, 7) is 0. The summed E-state index contributed by atoms with van der Waals surface area (Å²) >= 11 is 0. The molecule has 2 rings (SSSR count). The van der Waals surface area contributed by atoms with Crippen LogP contribution < -0.4 is 0 Å². The normalized spacial score (nSPS) is 22.1. The fourth-order valence-corrected chi connectivity index (χ4v) is 2.32. The van der Waals surface area contributed by atoms with Crippen LogP contribution in [0.2, 0.25) is 0 Å². The quantitative estimate of drug-likeness (QED) is 0.623. The molecule has 1 aromatic rings. The Hall–Kier alpha value is -2.17. The Labute approximate surface area is 116 Å². The lowest BCUT2D eigenvalue weighted by Gasteiger charge is -2.32. The number of benzene rings is 1. The zero-order valence-corrected chi connectivity index (χ0v) is 11.3. The molecule has 1 aliphatic carbocycles. The predicted molar refractivity (Wildman–Crippen MR) is 70.1 cm³/mol. The van der Waals surface area contributed by atoms with Crippen LogP contribution in [0.5, 0.6) is 0 Å². The second-order valence-corrected chi connectivity index (χ2v) is 4.70. The molecule has 1 atom stereocenters. The smallest absolute Gasteiger partial charge is 0.358 e. The van der Waals surface area contributed by atoms with E-state index in [2.05, 4.69) is 4.74 Å². The highest BCUT2D eigenvalue weighted by Crippen LogP contribution is 2.31. The highest BCUT2D eigenvalue weighted by atomic mass is 16.6. The molecule has 5 heteroatoms. The Kier molecular flexibility index (Phi) is 4.17. The molecule has 0 aromatic heterocycles. The number of methoxy groups -OCH3 is 1. The van der Waals surface area contributed by atoms with E-state index in [0.717, 1.165) is 0 Å². The van der Waals surface area contributed by atoms with Gasteiger partial charge in [-0.25, -0.2) is 9.59 Å². The maximum Gasteiger partial charge on any atom is 0.358 e. The highest BCUT2D eigenvalue weighted by molar-refractivity contribution is 6.10. The van der Waals surface area contributed by atoms with Crippen molar-refractivity contribution in [1.29, 1.82) is 0 Å². The molecule has 0 radical (unpaired) electrons. The second-order valence-electron chi connectivity index (χ2n) is 4.70. The van der Waals surface area contributed by atoms with Crippen LogP contribution in [0.15, 0.2) is 30.3 Å². The Bertz CT molecular complexity index is 512. The van der Waals surface area contributed by atoms with E-state index in [1.54, 1.807) is 30.3 Å². The second kappa shape index (κ2) is 5.86. The van der Waals surface area contributed by atoms with Gasteiger partial charge in [-0.05, 0) is 25.0 Å². The summed E-state index contributed by atoms with van der Waals surface area (Å²) in [5, 5.41) is 0. The van der Waals surface area contributed by atoms with Gasteiger partial charge >= 0.3 is 11.9 Å². The average molecular weight is 276 g/mol. The van der Waals surface area contributed by atoms with Crippen LogP contribution in [0.1, 0.15) is 36.0 Å². The SMILES string of the molecule is COC(=O)C1(OC(=O)c2ccccc2)CCCCC1=O. The van der Waals surface area contributed by atoms with E-state index in [-0.39, 0.29) is 18.6 Å². The van der Waals surface area contributed by atoms with Gasteiger partial charge in [0.1, 0.15) is 0 Å². The summed E-state index contributed by atoms with van der Waals surface area (Å²) in [5.41, 5.74) is -1.48. The van der Waals surface area contributed by atoms with Crippen LogP contribution in [-0.2, 0) is 19.1 Å². The number of ketones is 1. The van der Waals surface area contributed by atoms with E-state index >= 15 is 0 Å². The number of hydrogen-bond acceptors (Lipinski definition) is 5. The molecule has 0 saturated heterocycles. The van der Waals surface area contributed by atoms with E-state index < -0.39 is 17.5 Å². The summed E-state index contributed by atoms with van der Waals surface area (Å²) in [6, 6.07) is 8.27. The number of carbonyl (C=O) groups is 3. The van der Waals surface area contributed by atoms with E-state index in [4.69, 9.17) is 4.74 Å². The molecule has 0 bridgehead atoms. The Morgan fingerprint density at radius 2 is 1.85 bits per heavy atom. The summed E-state index contributed by atoms with van der Waals surface area (Å²) in [6.07, 6.45) is 1.73. The first-order chi connectivity index (χ1) is 9.60. The monoisotopic (exact) mass is 276 g/mol. The molecule has 0 amide bonds. The summed E-state index contributed by atoms with van der Waals surface area (Å²) in [5.74, 6) is -1.88. The van der Waals surface area contributed by atoms with E-state index in [1.807, 2.05) is 0 Å². The standard InChI is InChI=1S/C15H16O5/c1-19-14(18)15(10-6-5-9-12(15)16)20-13(17)11-7-3-2-4-8-11/h2-4,7-8H,5-6,9-10H2,1H3. The third-order valence-corrected chi connectivity index (χ3v) is 3.42. The Morgan fingerprint density at radius 1 is 1.15 bits per heavy atom. The molecule has 0 spiro atoms. The maximum absolute atomic E-state index is 12.1. The van der Waals surface area contributed by atoms with Crippen LogP contribution in [-0.4, -0.2) is 30.4 Å². The highest BCUT2D eigenvalue weighted by Gasteiger charge is 2.51. The summed E-state index contributed by atoms with van der Waals surface area (Å²) in [4.78, 5) is 36.2.